The molecule has 2 fully saturated rings. The number of rotatable bonds is 6. The van der Waals surface area contributed by atoms with Crippen molar-refractivity contribution in [1.82, 2.24) is 10.2 Å². The minimum Gasteiger partial charge on any atom is -0.313 e. The fraction of sp³-hybridized carbons (Fsp3) is 1.00. The lowest BCUT2D eigenvalue weighted by Gasteiger charge is -2.41. The van der Waals surface area contributed by atoms with Crippen molar-refractivity contribution in [1.29, 1.82) is 0 Å². The van der Waals surface area contributed by atoms with Crippen molar-refractivity contribution < 1.29 is 0 Å². The summed E-state index contributed by atoms with van der Waals surface area (Å²) in [5.41, 5.74) is 0.926. The normalized spacial score (nSPS) is 24.9. The van der Waals surface area contributed by atoms with E-state index in [2.05, 4.69) is 45.0 Å². The average molecular weight is 266 g/mol. The predicted octanol–water partition coefficient (Wildman–Crippen LogP) is 3.67. The van der Waals surface area contributed by atoms with Gasteiger partial charge >= 0.3 is 0 Å². The molecule has 2 nitrogen and oxygen atoms in total. The molecule has 0 aliphatic heterocycles. The summed E-state index contributed by atoms with van der Waals surface area (Å²) in [4.78, 5) is 2.61. The molecule has 1 atom stereocenters. The maximum Gasteiger partial charge on any atom is 0.0113 e. The molecule has 2 aliphatic rings. The van der Waals surface area contributed by atoms with Crippen LogP contribution in [0.15, 0.2) is 0 Å². The van der Waals surface area contributed by atoms with Crippen LogP contribution in [-0.4, -0.2) is 37.1 Å². The number of hydrogen-bond acceptors (Lipinski definition) is 2. The molecule has 0 aromatic heterocycles. The minimum absolute atomic E-state index is 0.373. The van der Waals surface area contributed by atoms with Crippen molar-refractivity contribution in [2.45, 2.75) is 78.3 Å². The van der Waals surface area contributed by atoms with Crippen molar-refractivity contribution >= 4 is 0 Å². The van der Waals surface area contributed by atoms with Crippen LogP contribution in [0.25, 0.3) is 0 Å². The quantitative estimate of drug-likeness (QED) is 0.789. The minimum atomic E-state index is 0.373. The van der Waals surface area contributed by atoms with E-state index in [1.165, 1.54) is 51.6 Å². The van der Waals surface area contributed by atoms with Gasteiger partial charge in [-0.05, 0) is 50.5 Å². The topological polar surface area (TPSA) is 15.3 Å². The molecule has 0 bridgehead atoms. The van der Waals surface area contributed by atoms with Gasteiger partial charge in [-0.15, -0.1) is 0 Å². The van der Waals surface area contributed by atoms with Gasteiger partial charge in [0.1, 0.15) is 0 Å². The summed E-state index contributed by atoms with van der Waals surface area (Å²) >= 11 is 0. The summed E-state index contributed by atoms with van der Waals surface area (Å²) in [5.74, 6) is 0. The van der Waals surface area contributed by atoms with Crippen LogP contribution in [0.4, 0.5) is 0 Å². The van der Waals surface area contributed by atoms with E-state index in [1.54, 1.807) is 0 Å². The lowest BCUT2D eigenvalue weighted by atomic mass is 9.82. The fourth-order valence-electron chi connectivity index (χ4n) is 3.49. The maximum absolute atomic E-state index is 3.80. The Morgan fingerprint density at radius 3 is 2.26 bits per heavy atom. The smallest absolute Gasteiger partial charge is 0.0113 e. The van der Waals surface area contributed by atoms with Crippen LogP contribution in [0.5, 0.6) is 0 Å². The molecule has 112 valence electrons. The van der Waals surface area contributed by atoms with Gasteiger partial charge < -0.3 is 10.2 Å². The highest BCUT2D eigenvalue weighted by Gasteiger charge is 2.38. The Hall–Kier alpha value is -0.0800. The molecule has 0 amide bonds. The molecule has 2 heteroatoms. The van der Waals surface area contributed by atoms with Crippen LogP contribution in [0, 0.1) is 10.8 Å². The molecule has 0 spiro atoms. The zero-order valence-electron chi connectivity index (χ0n) is 13.8. The van der Waals surface area contributed by atoms with Crippen LogP contribution in [-0.2, 0) is 0 Å². The van der Waals surface area contributed by atoms with E-state index in [0.29, 0.717) is 16.9 Å². The van der Waals surface area contributed by atoms with Crippen LogP contribution < -0.4 is 5.32 Å². The molecule has 0 radical (unpaired) electrons. The van der Waals surface area contributed by atoms with Crippen LogP contribution in [0.3, 0.4) is 0 Å². The third-order valence-electron chi connectivity index (χ3n) is 5.51. The van der Waals surface area contributed by atoms with Gasteiger partial charge in [-0.1, -0.05) is 33.6 Å². The third-order valence-corrected chi connectivity index (χ3v) is 5.51. The SMILES string of the molecule is CC(N(C)CC1(CNC2CC2)CCCC1)C(C)(C)C. The standard InChI is InChI=1S/C17H34N2/c1-14(16(2,3)4)19(5)13-17(10-6-7-11-17)12-18-15-8-9-15/h14-15,18H,6-13H2,1-5H3. The Balaban J connectivity index is 1.91. The molecule has 0 saturated heterocycles. The zero-order chi connectivity index (χ0) is 14.1. The Morgan fingerprint density at radius 2 is 1.79 bits per heavy atom. The van der Waals surface area contributed by atoms with Gasteiger partial charge in [0.25, 0.3) is 0 Å². The molecular formula is C17H34N2. The Labute approximate surface area is 120 Å². The van der Waals surface area contributed by atoms with Gasteiger partial charge in [0.2, 0.25) is 0 Å². The van der Waals surface area contributed by atoms with Crippen LogP contribution >= 0.6 is 0 Å². The predicted molar refractivity (Wildman–Crippen MR) is 83.5 cm³/mol. The molecule has 2 rings (SSSR count). The molecular weight excluding hydrogens is 232 g/mol. The van der Waals surface area contributed by atoms with Gasteiger partial charge in [-0.25, -0.2) is 0 Å². The summed E-state index contributed by atoms with van der Waals surface area (Å²) < 4.78 is 0. The second-order valence-corrected chi connectivity index (χ2v) is 8.32. The molecule has 0 heterocycles. The summed E-state index contributed by atoms with van der Waals surface area (Å²) in [6, 6.07) is 1.49. The number of nitrogens with zero attached hydrogens (tertiary/aromatic N) is 1. The molecule has 2 saturated carbocycles. The molecule has 2 aliphatic carbocycles. The van der Waals surface area contributed by atoms with Gasteiger partial charge in [0, 0.05) is 25.2 Å². The third kappa shape index (κ3) is 4.19. The summed E-state index contributed by atoms with van der Waals surface area (Å²) in [6.45, 7) is 12.0. The monoisotopic (exact) mass is 266 g/mol. The van der Waals surface area contributed by atoms with E-state index in [4.69, 9.17) is 0 Å². The first-order valence-corrected chi connectivity index (χ1v) is 8.26. The van der Waals surface area contributed by atoms with E-state index in [-0.39, 0.29) is 0 Å². The van der Waals surface area contributed by atoms with Gasteiger partial charge in [0.05, 0.1) is 0 Å². The average Bonchev–Trinajstić information content (AvgIpc) is 3.05. The lowest BCUT2D eigenvalue weighted by molar-refractivity contribution is 0.0846. The highest BCUT2D eigenvalue weighted by Crippen LogP contribution is 2.40. The van der Waals surface area contributed by atoms with E-state index in [9.17, 15) is 0 Å². The Bertz CT molecular complexity index is 282. The van der Waals surface area contributed by atoms with E-state index in [0.717, 1.165) is 6.04 Å². The largest absolute Gasteiger partial charge is 0.313 e. The van der Waals surface area contributed by atoms with Gasteiger partial charge in [-0.2, -0.15) is 0 Å². The Kier molecular flexibility index (Phi) is 4.62. The van der Waals surface area contributed by atoms with Crippen molar-refractivity contribution in [3.05, 3.63) is 0 Å². The molecule has 1 N–H and O–H groups in total. The van der Waals surface area contributed by atoms with Gasteiger partial charge in [0.15, 0.2) is 0 Å². The van der Waals surface area contributed by atoms with E-state index >= 15 is 0 Å². The molecule has 0 aromatic carbocycles. The van der Waals surface area contributed by atoms with E-state index < -0.39 is 0 Å². The summed E-state index contributed by atoms with van der Waals surface area (Å²) in [7, 11) is 2.33. The zero-order valence-corrected chi connectivity index (χ0v) is 13.8. The second-order valence-electron chi connectivity index (χ2n) is 8.32. The second kappa shape index (κ2) is 5.73. The van der Waals surface area contributed by atoms with Crippen LogP contribution in [0.1, 0.15) is 66.2 Å². The molecule has 19 heavy (non-hydrogen) atoms. The fourth-order valence-corrected chi connectivity index (χ4v) is 3.49. The summed E-state index contributed by atoms with van der Waals surface area (Å²) in [6.07, 6.45) is 8.53. The highest BCUT2D eigenvalue weighted by atomic mass is 15.1. The highest BCUT2D eigenvalue weighted by molar-refractivity contribution is 4.93. The van der Waals surface area contributed by atoms with Crippen molar-refractivity contribution in [2.24, 2.45) is 10.8 Å². The van der Waals surface area contributed by atoms with E-state index in [1.807, 2.05) is 0 Å². The first-order valence-electron chi connectivity index (χ1n) is 8.26. The Morgan fingerprint density at radius 1 is 1.21 bits per heavy atom. The number of hydrogen-bond donors (Lipinski definition) is 1. The van der Waals surface area contributed by atoms with Crippen molar-refractivity contribution in [3.8, 4) is 0 Å². The lowest BCUT2D eigenvalue weighted by Crippen LogP contribution is -2.48. The van der Waals surface area contributed by atoms with Crippen molar-refractivity contribution in [2.75, 3.05) is 20.1 Å². The molecule has 0 aromatic rings. The number of nitrogens with one attached hydrogen (secondary N) is 1. The van der Waals surface area contributed by atoms with Crippen molar-refractivity contribution in [3.63, 3.8) is 0 Å². The first-order chi connectivity index (χ1) is 8.82. The summed E-state index contributed by atoms with van der Waals surface area (Å²) in [5, 5.41) is 3.80. The molecule has 1 unspecified atom stereocenters. The maximum atomic E-state index is 3.80. The first kappa shape index (κ1) is 15.3. The van der Waals surface area contributed by atoms with Gasteiger partial charge in [-0.3, -0.25) is 0 Å². The van der Waals surface area contributed by atoms with Crippen LogP contribution in [0.2, 0.25) is 0 Å².